The van der Waals surface area contributed by atoms with E-state index in [0.717, 1.165) is 15.7 Å². The molecule has 194 valence electrons. The van der Waals surface area contributed by atoms with E-state index in [1.165, 1.54) is 0 Å². The summed E-state index contributed by atoms with van der Waals surface area (Å²) in [5.74, 6) is -0.196. The van der Waals surface area contributed by atoms with Gasteiger partial charge in [-0.15, -0.1) is 0 Å². The van der Waals surface area contributed by atoms with E-state index in [9.17, 15) is 18.2 Å². The minimum absolute atomic E-state index is 0.0701. The van der Waals surface area contributed by atoms with Gasteiger partial charge in [-0.25, -0.2) is 13.1 Å². The summed E-state index contributed by atoms with van der Waals surface area (Å²) in [4.78, 5) is 26.7. The molecule has 6 nitrogen and oxygen atoms in total. The molecule has 1 aliphatic heterocycles. The van der Waals surface area contributed by atoms with Crippen LogP contribution in [0.15, 0.2) is 84.6 Å². The van der Waals surface area contributed by atoms with Crippen LogP contribution in [-0.4, -0.2) is 51.9 Å². The Morgan fingerprint density at radius 2 is 1.53 bits per heavy atom. The topological polar surface area (TPSA) is 77.0 Å². The van der Waals surface area contributed by atoms with Gasteiger partial charge in [0.15, 0.2) is 11.4 Å². The van der Waals surface area contributed by atoms with Gasteiger partial charge in [0.05, 0.1) is 10.0 Å². The van der Waals surface area contributed by atoms with Gasteiger partial charge in [0.25, 0.3) is 0 Å². The highest BCUT2D eigenvalue weighted by Crippen LogP contribution is 2.33. The number of aromatic nitrogens is 1. The predicted octanol–water partition coefficient (Wildman–Crippen LogP) is 4.48. The number of H-pyrrole nitrogens is 1. The van der Waals surface area contributed by atoms with Crippen molar-refractivity contribution in [3.8, 4) is 0 Å². The van der Waals surface area contributed by atoms with Gasteiger partial charge in [0, 0.05) is 48.6 Å². The average molecular weight is 627 g/mol. The first-order valence-electron chi connectivity index (χ1n) is 12.2. The molecule has 0 bridgehead atoms. The number of aryl methyl sites for hydroxylation is 1. The standard InChI is InChI=1S/C28H26BF2IN4O2/c30-29(31)36-25(21-9-5-2-6-10-21)18-24(20-7-3-1-4-8-20)26(36)17-23-12-11-22(35-23)13-14-27(37)33-15-16-34-28(38)19-32/h1-12,17-18H,13-16,19H2,(H2,33,34,37,38)/p+1. The normalized spacial score (nSPS) is 14.0. The molecule has 0 saturated heterocycles. The zero-order valence-electron chi connectivity index (χ0n) is 20.6. The molecule has 10 heteroatoms. The second-order valence-electron chi connectivity index (χ2n) is 8.62. The van der Waals surface area contributed by atoms with Gasteiger partial charge in [-0.1, -0.05) is 71.1 Å². The van der Waals surface area contributed by atoms with Crippen LogP contribution in [0.4, 0.5) is 8.63 Å². The van der Waals surface area contributed by atoms with E-state index in [0.29, 0.717) is 52.2 Å². The SMILES string of the molecule is O=C(CI)NCCNC(=O)CCc1ccc(/C=C2/C(c3ccccc3)=CC(c3ccccc3)=[N+]2B(F)F)[nH]1. The van der Waals surface area contributed by atoms with Crippen LogP contribution >= 0.6 is 22.6 Å². The summed E-state index contributed by atoms with van der Waals surface area (Å²) in [6.45, 7) is 0.745. The summed E-state index contributed by atoms with van der Waals surface area (Å²) in [5.41, 5.74) is 4.57. The molecule has 3 aromatic rings. The van der Waals surface area contributed by atoms with Crippen LogP contribution in [0.1, 0.15) is 28.9 Å². The number of allylic oxidation sites excluding steroid dienone is 2. The number of amides is 2. The Labute approximate surface area is 234 Å². The van der Waals surface area contributed by atoms with E-state index in [-0.39, 0.29) is 18.2 Å². The van der Waals surface area contributed by atoms with Crippen LogP contribution in [-0.2, 0) is 16.0 Å². The van der Waals surface area contributed by atoms with Crippen LogP contribution in [0.5, 0.6) is 0 Å². The van der Waals surface area contributed by atoms with Gasteiger partial charge in [0.1, 0.15) is 0 Å². The van der Waals surface area contributed by atoms with Gasteiger partial charge >= 0.3 is 7.40 Å². The van der Waals surface area contributed by atoms with Crippen molar-refractivity contribution in [2.45, 2.75) is 12.8 Å². The smallest absolute Gasteiger partial charge is 0.359 e. The zero-order chi connectivity index (χ0) is 26.9. The van der Waals surface area contributed by atoms with E-state index in [1.807, 2.05) is 95.4 Å². The Hall–Kier alpha value is -3.54. The maximum atomic E-state index is 14.5. The van der Waals surface area contributed by atoms with Crippen molar-refractivity contribution < 1.29 is 22.7 Å². The molecule has 0 spiro atoms. The number of aromatic amines is 1. The van der Waals surface area contributed by atoms with Crippen LogP contribution in [0.25, 0.3) is 11.6 Å². The molecular formula is C28H27BF2IN4O2+. The lowest BCUT2D eigenvalue weighted by atomic mass is 10.0. The fourth-order valence-corrected chi connectivity index (χ4v) is 4.47. The maximum absolute atomic E-state index is 14.5. The van der Waals surface area contributed by atoms with Crippen molar-refractivity contribution in [1.82, 2.24) is 15.6 Å². The van der Waals surface area contributed by atoms with Gasteiger partial charge in [0.2, 0.25) is 11.8 Å². The summed E-state index contributed by atoms with van der Waals surface area (Å²) in [6, 6.07) is 22.3. The van der Waals surface area contributed by atoms with Gasteiger partial charge in [-0.2, -0.15) is 0 Å². The number of carbonyl (C=O) groups excluding carboxylic acids is 2. The van der Waals surface area contributed by atoms with E-state index < -0.39 is 7.40 Å². The minimum atomic E-state index is -2.74. The number of rotatable bonds is 11. The summed E-state index contributed by atoms with van der Waals surface area (Å²) < 4.78 is 30.4. The summed E-state index contributed by atoms with van der Waals surface area (Å²) in [5, 5.41) is 5.48. The van der Waals surface area contributed by atoms with Crippen molar-refractivity contribution in [3.05, 3.63) is 107 Å². The van der Waals surface area contributed by atoms with Crippen molar-refractivity contribution in [1.29, 1.82) is 0 Å². The molecule has 3 N–H and O–H groups in total. The third kappa shape index (κ3) is 7.06. The first-order valence-corrected chi connectivity index (χ1v) is 13.7. The molecule has 0 saturated carbocycles. The van der Waals surface area contributed by atoms with Crippen LogP contribution in [0, 0.1) is 0 Å². The molecular weight excluding hydrogens is 600 g/mol. The number of nitrogens with zero attached hydrogens (tertiary/aromatic N) is 1. The number of nitrogens with one attached hydrogen (secondary N) is 3. The Bertz CT molecular complexity index is 1370. The average Bonchev–Trinajstić information content (AvgIpc) is 3.55. The van der Waals surface area contributed by atoms with Crippen molar-refractivity contribution >= 4 is 59.2 Å². The van der Waals surface area contributed by atoms with Crippen molar-refractivity contribution in [3.63, 3.8) is 0 Å². The van der Waals surface area contributed by atoms with Gasteiger partial charge in [-0.05, 0) is 36.2 Å². The Kier molecular flexibility index (Phi) is 9.64. The fraction of sp³-hybridized carbons (Fsp3) is 0.179. The molecule has 0 atom stereocenters. The molecule has 0 radical (unpaired) electrons. The lowest BCUT2D eigenvalue weighted by Crippen LogP contribution is -2.35. The summed E-state index contributed by atoms with van der Waals surface area (Å²) in [6.07, 6.45) is 4.26. The molecule has 38 heavy (non-hydrogen) atoms. The molecule has 1 aromatic heterocycles. The third-order valence-corrected chi connectivity index (χ3v) is 6.69. The lowest BCUT2D eigenvalue weighted by molar-refractivity contribution is -0.338. The second-order valence-corrected chi connectivity index (χ2v) is 9.39. The van der Waals surface area contributed by atoms with Crippen LogP contribution < -0.4 is 10.6 Å². The summed E-state index contributed by atoms with van der Waals surface area (Å²) >= 11 is 1.98. The third-order valence-electron chi connectivity index (χ3n) is 6.00. The van der Waals surface area contributed by atoms with Gasteiger partial charge < -0.3 is 15.6 Å². The van der Waals surface area contributed by atoms with E-state index in [4.69, 9.17) is 0 Å². The highest BCUT2D eigenvalue weighted by atomic mass is 127. The van der Waals surface area contributed by atoms with Crippen molar-refractivity contribution in [2.24, 2.45) is 0 Å². The first-order chi connectivity index (χ1) is 18.5. The molecule has 2 heterocycles. The Morgan fingerprint density at radius 3 is 2.16 bits per heavy atom. The number of alkyl halides is 1. The number of halogens is 3. The zero-order valence-corrected chi connectivity index (χ0v) is 22.8. The maximum Gasteiger partial charge on any atom is 0.935 e. The fourth-order valence-electron chi connectivity index (χ4n) is 4.20. The monoisotopic (exact) mass is 627 g/mol. The highest BCUT2D eigenvalue weighted by Gasteiger charge is 2.45. The Balaban J connectivity index is 1.53. The number of hydrogen-bond donors (Lipinski definition) is 3. The number of carbonyl (C=O) groups is 2. The first kappa shape index (κ1) is 27.5. The highest BCUT2D eigenvalue weighted by molar-refractivity contribution is 14.1. The number of hydrogen-bond acceptors (Lipinski definition) is 2. The summed E-state index contributed by atoms with van der Waals surface area (Å²) in [7, 11) is -2.74. The van der Waals surface area contributed by atoms with Crippen LogP contribution in [0.2, 0.25) is 0 Å². The van der Waals surface area contributed by atoms with Crippen molar-refractivity contribution in [2.75, 3.05) is 17.5 Å². The predicted molar refractivity (Wildman–Crippen MR) is 155 cm³/mol. The van der Waals surface area contributed by atoms with Crippen LogP contribution in [0.3, 0.4) is 0 Å². The van der Waals surface area contributed by atoms with E-state index in [2.05, 4.69) is 15.6 Å². The molecule has 1 aliphatic rings. The molecule has 0 aliphatic carbocycles. The lowest BCUT2D eigenvalue weighted by Gasteiger charge is -2.06. The minimum Gasteiger partial charge on any atom is -0.359 e. The molecule has 0 unspecified atom stereocenters. The van der Waals surface area contributed by atoms with E-state index in [1.54, 1.807) is 12.2 Å². The quantitative estimate of drug-likeness (QED) is 0.127. The largest absolute Gasteiger partial charge is 0.935 e. The second kappa shape index (κ2) is 13.3. The number of benzene rings is 2. The molecule has 4 rings (SSSR count). The molecule has 0 fully saturated rings. The van der Waals surface area contributed by atoms with E-state index >= 15 is 0 Å². The molecule has 2 amide bonds. The Morgan fingerprint density at radius 1 is 0.895 bits per heavy atom. The molecule has 2 aromatic carbocycles. The van der Waals surface area contributed by atoms with Gasteiger partial charge in [-0.3, -0.25) is 9.59 Å².